The quantitative estimate of drug-likeness (QED) is 0.800. The lowest BCUT2D eigenvalue weighted by Crippen LogP contribution is -2.44. The molecule has 3 rings (SSSR count). The third-order valence-electron chi connectivity index (χ3n) is 4.88. The van der Waals surface area contributed by atoms with Gasteiger partial charge in [0.25, 0.3) is 0 Å². The van der Waals surface area contributed by atoms with E-state index in [1.807, 2.05) is 18.2 Å². The van der Waals surface area contributed by atoms with Gasteiger partial charge in [0.1, 0.15) is 5.75 Å². The van der Waals surface area contributed by atoms with Crippen LogP contribution in [0.15, 0.2) is 36.8 Å². The molecule has 7 heteroatoms. The van der Waals surface area contributed by atoms with Gasteiger partial charge in [-0.25, -0.2) is 4.79 Å². The first-order chi connectivity index (χ1) is 13.0. The van der Waals surface area contributed by atoms with Crippen molar-refractivity contribution in [2.75, 3.05) is 33.8 Å². The average molecular weight is 370 g/mol. The maximum atomic E-state index is 10.9. The predicted octanol–water partition coefficient (Wildman–Crippen LogP) is 2.13. The fraction of sp³-hybridized carbons (Fsp3) is 0.450. The molecular weight excluding hydrogens is 344 g/mol. The van der Waals surface area contributed by atoms with Crippen LogP contribution in [0.25, 0.3) is 11.3 Å². The van der Waals surface area contributed by atoms with Crippen molar-refractivity contribution in [1.29, 1.82) is 0 Å². The van der Waals surface area contributed by atoms with E-state index >= 15 is 0 Å². The molecular formula is C20H26N4O3. The highest BCUT2D eigenvalue weighted by molar-refractivity contribution is 5.69. The van der Waals surface area contributed by atoms with Crippen molar-refractivity contribution in [3.63, 3.8) is 0 Å². The van der Waals surface area contributed by atoms with Crippen molar-refractivity contribution in [2.24, 2.45) is 0 Å². The summed E-state index contributed by atoms with van der Waals surface area (Å²) in [6.07, 6.45) is 7.38. The smallest absolute Gasteiger partial charge is 0.341 e. The zero-order valence-electron chi connectivity index (χ0n) is 15.8. The van der Waals surface area contributed by atoms with Crippen molar-refractivity contribution in [1.82, 2.24) is 19.8 Å². The molecule has 1 fully saturated rings. The molecule has 1 unspecified atom stereocenters. The number of hydrogen-bond donors (Lipinski definition) is 1. The van der Waals surface area contributed by atoms with Crippen molar-refractivity contribution >= 4 is 5.97 Å². The summed E-state index contributed by atoms with van der Waals surface area (Å²) in [5, 5.41) is 8.96. The van der Waals surface area contributed by atoms with Crippen molar-refractivity contribution < 1.29 is 14.6 Å². The molecule has 1 N–H and O–H groups in total. The Labute approximate surface area is 159 Å². The van der Waals surface area contributed by atoms with Crippen LogP contribution in [0.5, 0.6) is 5.75 Å². The minimum atomic E-state index is -0.982. The fourth-order valence-corrected chi connectivity index (χ4v) is 3.43. The van der Waals surface area contributed by atoms with E-state index in [-0.39, 0.29) is 6.61 Å². The molecule has 0 bridgehead atoms. The van der Waals surface area contributed by atoms with Crippen LogP contribution in [0.3, 0.4) is 0 Å². The Balaban J connectivity index is 1.84. The predicted molar refractivity (Wildman–Crippen MR) is 103 cm³/mol. The molecule has 1 atom stereocenters. The van der Waals surface area contributed by atoms with E-state index in [1.54, 1.807) is 18.6 Å². The number of nitrogens with zero attached hydrogens (tertiary/aromatic N) is 4. The first-order valence-electron chi connectivity index (χ1n) is 9.15. The van der Waals surface area contributed by atoms with E-state index in [0.29, 0.717) is 18.3 Å². The van der Waals surface area contributed by atoms with Crippen molar-refractivity contribution in [2.45, 2.75) is 25.4 Å². The van der Waals surface area contributed by atoms with Crippen LogP contribution in [0, 0.1) is 0 Å². The lowest BCUT2D eigenvalue weighted by atomic mass is 10.0. The van der Waals surface area contributed by atoms with Gasteiger partial charge in [0.15, 0.2) is 6.61 Å². The van der Waals surface area contributed by atoms with Crippen LogP contribution in [-0.4, -0.2) is 70.7 Å². The normalized spacial score (nSPS) is 17.8. The SMILES string of the molecule is CN(C)C1CCCN(Cc2cc(-c3cnccn3)ccc2OCC(=O)O)C1. The zero-order valence-corrected chi connectivity index (χ0v) is 15.8. The van der Waals surface area contributed by atoms with Gasteiger partial charge in [-0.1, -0.05) is 0 Å². The minimum absolute atomic E-state index is 0.349. The number of aromatic nitrogens is 2. The molecule has 0 amide bonds. The number of ether oxygens (including phenoxy) is 1. The molecule has 1 aromatic heterocycles. The topological polar surface area (TPSA) is 78.8 Å². The van der Waals surface area contributed by atoms with Gasteiger partial charge in [-0.05, 0) is 51.7 Å². The third-order valence-corrected chi connectivity index (χ3v) is 4.88. The van der Waals surface area contributed by atoms with E-state index in [0.717, 1.165) is 36.3 Å². The molecule has 0 spiro atoms. The maximum absolute atomic E-state index is 10.9. The Morgan fingerprint density at radius 2 is 2.22 bits per heavy atom. The molecule has 1 aliphatic heterocycles. The number of carbonyl (C=O) groups is 1. The fourth-order valence-electron chi connectivity index (χ4n) is 3.43. The highest BCUT2D eigenvalue weighted by atomic mass is 16.5. The van der Waals surface area contributed by atoms with Crippen LogP contribution in [0.1, 0.15) is 18.4 Å². The molecule has 0 saturated carbocycles. The molecule has 7 nitrogen and oxygen atoms in total. The number of hydrogen-bond acceptors (Lipinski definition) is 6. The van der Waals surface area contributed by atoms with Gasteiger partial charge < -0.3 is 14.7 Å². The van der Waals surface area contributed by atoms with E-state index < -0.39 is 5.97 Å². The van der Waals surface area contributed by atoms with Gasteiger partial charge in [0, 0.05) is 42.7 Å². The monoisotopic (exact) mass is 370 g/mol. The Morgan fingerprint density at radius 1 is 1.37 bits per heavy atom. The molecule has 1 aliphatic rings. The number of benzene rings is 1. The summed E-state index contributed by atoms with van der Waals surface area (Å²) in [7, 11) is 4.23. The van der Waals surface area contributed by atoms with Crippen LogP contribution < -0.4 is 4.74 Å². The van der Waals surface area contributed by atoms with Crippen LogP contribution >= 0.6 is 0 Å². The molecule has 27 heavy (non-hydrogen) atoms. The third kappa shape index (κ3) is 5.24. The largest absolute Gasteiger partial charge is 0.482 e. The molecule has 0 radical (unpaired) electrons. The van der Waals surface area contributed by atoms with E-state index in [4.69, 9.17) is 9.84 Å². The van der Waals surface area contributed by atoms with Crippen molar-refractivity contribution in [3.05, 3.63) is 42.4 Å². The summed E-state index contributed by atoms with van der Waals surface area (Å²) in [5.74, 6) is -0.374. The lowest BCUT2D eigenvalue weighted by molar-refractivity contribution is -0.139. The first kappa shape index (κ1) is 19.3. The molecule has 0 aliphatic carbocycles. The highest BCUT2D eigenvalue weighted by Gasteiger charge is 2.22. The van der Waals surface area contributed by atoms with E-state index in [1.165, 1.54) is 6.42 Å². The zero-order chi connectivity index (χ0) is 19.2. The summed E-state index contributed by atoms with van der Waals surface area (Å²) in [5.41, 5.74) is 2.70. The number of likely N-dealkylation sites (tertiary alicyclic amines) is 1. The maximum Gasteiger partial charge on any atom is 0.341 e. The van der Waals surface area contributed by atoms with E-state index in [2.05, 4.69) is 33.9 Å². The second-order valence-electron chi connectivity index (χ2n) is 7.09. The van der Waals surface area contributed by atoms with Gasteiger partial charge >= 0.3 is 5.97 Å². The van der Waals surface area contributed by atoms with Crippen LogP contribution in [-0.2, 0) is 11.3 Å². The number of rotatable bonds is 7. The number of carboxylic acids is 1. The Kier molecular flexibility index (Phi) is 6.36. The second kappa shape index (κ2) is 8.92. The first-order valence-corrected chi connectivity index (χ1v) is 9.15. The second-order valence-corrected chi connectivity index (χ2v) is 7.09. The summed E-state index contributed by atoms with van der Waals surface area (Å²) >= 11 is 0. The molecule has 144 valence electrons. The number of piperidine rings is 1. The average Bonchev–Trinajstić information content (AvgIpc) is 2.67. The van der Waals surface area contributed by atoms with Crippen molar-refractivity contribution in [3.8, 4) is 17.0 Å². The van der Waals surface area contributed by atoms with E-state index in [9.17, 15) is 4.79 Å². The summed E-state index contributed by atoms with van der Waals surface area (Å²) in [4.78, 5) is 24.1. The summed E-state index contributed by atoms with van der Waals surface area (Å²) < 4.78 is 5.53. The lowest BCUT2D eigenvalue weighted by Gasteiger charge is -2.36. The van der Waals surface area contributed by atoms with Gasteiger partial charge in [-0.2, -0.15) is 0 Å². The molecule has 1 aromatic carbocycles. The van der Waals surface area contributed by atoms with Gasteiger partial charge in [0.2, 0.25) is 0 Å². The van der Waals surface area contributed by atoms with Crippen LogP contribution in [0.2, 0.25) is 0 Å². The van der Waals surface area contributed by atoms with Crippen LogP contribution in [0.4, 0.5) is 0 Å². The Hall–Kier alpha value is -2.51. The van der Waals surface area contributed by atoms with Gasteiger partial charge in [0.05, 0.1) is 11.9 Å². The number of carboxylic acid groups (broad SMARTS) is 1. The summed E-state index contributed by atoms with van der Waals surface area (Å²) in [6.45, 7) is 2.38. The minimum Gasteiger partial charge on any atom is -0.482 e. The number of likely N-dealkylation sites (N-methyl/N-ethyl adjacent to an activating group) is 1. The Bertz CT molecular complexity index is 767. The molecule has 1 saturated heterocycles. The number of aliphatic carboxylic acids is 1. The van der Waals surface area contributed by atoms with Gasteiger partial charge in [-0.3, -0.25) is 14.9 Å². The Morgan fingerprint density at radius 3 is 2.93 bits per heavy atom. The standard InChI is InChI=1S/C20H26N4O3/c1-23(2)17-4-3-9-24(13-17)12-16-10-15(18-11-21-7-8-22-18)5-6-19(16)27-14-20(25)26/h5-8,10-11,17H,3-4,9,12-14H2,1-2H3,(H,25,26). The highest BCUT2D eigenvalue weighted by Crippen LogP contribution is 2.28. The van der Waals surface area contributed by atoms with Gasteiger partial charge in [-0.15, -0.1) is 0 Å². The molecule has 2 aromatic rings. The molecule has 2 heterocycles. The summed E-state index contributed by atoms with van der Waals surface area (Å²) in [6, 6.07) is 6.28.